The molecule has 0 bridgehead atoms. The maximum absolute atomic E-state index is 12.9. The summed E-state index contributed by atoms with van der Waals surface area (Å²) in [5.74, 6) is -0.728. The largest absolute Gasteiger partial charge is 0.452 e. The normalized spacial score (nSPS) is 10.8. The molecule has 0 radical (unpaired) electrons. The van der Waals surface area contributed by atoms with E-state index in [1.165, 1.54) is 11.3 Å². The van der Waals surface area contributed by atoms with Crippen LogP contribution in [0.1, 0.15) is 35.7 Å². The second-order valence-electron chi connectivity index (χ2n) is 7.52. The van der Waals surface area contributed by atoms with E-state index in [0.717, 1.165) is 21.8 Å². The Morgan fingerprint density at radius 1 is 1.03 bits per heavy atom. The number of ether oxygens (including phenoxy) is 1. The number of rotatable bonds is 7. The van der Waals surface area contributed by atoms with Crippen molar-refractivity contribution < 1.29 is 14.3 Å². The second kappa shape index (κ2) is 9.62. The zero-order chi connectivity index (χ0) is 22.5. The van der Waals surface area contributed by atoms with Crippen LogP contribution in [0, 0.1) is 0 Å². The molecule has 6 nitrogen and oxygen atoms in total. The van der Waals surface area contributed by atoms with E-state index >= 15 is 0 Å². The van der Waals surface area contributed by atoms with Crippen LogP contribution in [0.25, 0.3) is 16.3 Å². The Bertz CT molecular complexity index is 1210. The number of thiophene rings is 1. The van der Waals surface area contributed by atoms with Crippen LogP contribution < -0.4 is 5.32 Å². The van der Waals surface area contributed by atoms with E-state index in [9.17, 15) is 9.59 Å². The zero-order valence-corrected chi connectivity index (χ0v) is 18.6. The fourth-order valence-corrected chi connectivity index (χ4v) is 4.06. The summed E-state index contributed by atoms with van der Waals surface area (Å²) in [6.07, 6.45) is 1.64. The van der Waals surface area contributed by atoms with Crippen LogP contribution in [-0.4, -0.2) is 28.3 Å². The molecule has 32 heavy (non-hydrogen) atoms. The molecule has 1 N–H and O–H groups in total. The van der Waals surface area contributed by atoms with Gasteiger partial charge in [-0.1, -0.05) is 56.3 Å². The molecule has 0 aliphatic heterocycles. The first kappa shape index (κ1) is 21.5. The maximum atomic E-state index is 12.9. The number of carbonyl (C=O) groups is 2. The van der Waals surface area contributed by atoms with Crippen molar-refractivity contribution in [1.82, 2.24) is 9.78 Å². The van der Waals surface area contributed by atoms with Crippen molar-refractivity contribution in [2.45, 2.75) is 19.8 Å². The minimum atomic E-state index is -0.595. The van der Waals surface area contributed by atoms with Crippen LogP contribution in [0.4, 0.5) is 5.69 Å². The third-order valence-corrected chi connectivity index (χ3v) is 5.78. The van der Waals surface area contributed by atoms with Gasteiger partial charge in [0.05, 0.1) is 10.6 Å². The lowest BCUT2D eigenvalue weighted by Gasteiger charge is -2.13. The summed E-state index contributed by atoms with van der Waals surface area (Å²) in [6.45, 7) is 3.73. The molecule has 7 heteroatoms. The molecule has 0 aliphatic rings. The molecule has 2 aromatic carbocycles. The molecule has 4 rings (SSSR count). The number of amides is 1. The smallest absolute Gasteiger partial charge is 0.342 e. The summed E-state index contributed by atoms with van der Waals surface area (Å²) >= 11 is 1.48. The maximum Gasteiger partial charge on any atom is 0.342 e. The van der Waals surface area contributed by atoms with E-state index in [4.69, 9.17) is 4.74 Å². The first-order chi connectivity index (χ1) is 15.5. The lowest BCUT2D eigenvalue weighted by molar-refractivity contribution is -0.119. The number of hydrogen-bond acceptors (Lipinski definition) is 5. The van der Waals surface area contributed by atoms with Crippen LogP contribution in [0.15, 0.2) is 78.3 Å². The van der Waals surface area contributed by atoms with Crippen LogP contribution in [0.3, 0.4) is 0 Å². The molecule has 0 atom stereocenters. The van der Waals surface area contributed by atoms with Gasteiger partial charge in [-0.3, -0.25) is 4.79 Å². The fraction of sp³-hybridized carbons (Fsp3) is 0.160. The van der Waals surface area contributed by atoms with Crippen LogP contribution in [0.2, 0.25) is 0 Å². The van der Waals surface area contributed by atoms with Crippen molar-refractivity contribution in [1.29, 1.82) is 0 Å². The van der Waals surface area contributed by atoms with Gasteiger partial charge in [-0.2, -0.15) is 5.10 Å². The quantitative estimate of drug-likeness (QED) is 0.380. The summed E-state index contributed by atoms with van der Waals surface area (Å²) in [5, 5.41) is 9.35. The third kappa shape index (κ3) is 4.78. The highest BCUT2D eigenvalue weighted by Gasteiger charge is 2.21. The number of nitrogens with one attached hydrogen (secondary N) is 1. The molecular weight excluding hydrogens is 422 g/mol. The molecule has 2 heterocycles. The summed E-state index contributed by atoms with van der Waals surface area (Å²) in [7, 11) is 0. The van der Waals surface area contributed by atoms with Crippen LogP contribution in [-0.2, 0) is 9.53 Å². The Morgan fingerprint density at radius 3 is 2.50 bits per heavy atom. The Labute approximate surface area is 190 Å². The number of benzene rings is 2. The van der Waals surface area contributed by atoms with Gasteiger partial charge in [0.1, 0.15) is 11.3 Å². The Hall–Kier alpha value is -3.71. The summed E-state index contributed by atoms with van der Waals surface area (Å²) in [4.78, 5) is 26.2. The molecule has 0 saturated heterocycles. The topological polar surface area (TPSA) is 73.2 Å². The minimum Gasteiger partial charge on any atom is -0.452 e. The number of carbonyl (C=O) groups excluding carboxylic acids is 2. The molecule has 1 amide bonds. The van der Waals surface area contributed by atoms with Crippen molar-refractivity contribution >= 4 is 28.9 Å². The van der Waals surface area contributed by atoms with Gasteiger partial charge in [-0.15, -0.1) is 11.3 Å². The van der Waals surface area contributed by atoms with Crippen molar-refractivity contribution in [3.63, 3.8) is 0 Å². The molecule has 0 saturated carbocycles. The highest BCUT2D eigenvalue weighted by atomic mass is 32.1. The number of esters is 1. The zero-order valence-electron chi connectivity index (χ0n) is 17.8. The molecule has 162 valence electrons. The van der Waals surface area contributed by atoms with Gasteiger partial charge in [-0.25, -0.2) is 9.48 Å². The second-order valence-corrected chi connectivity index (χ2v) is 8.46. The number of nitrogens with zero attached hydrogens (tertiary/aromatic N) is 2. The van der Waals surface area contributed by atoms with Crippen LogP contribution >= 0.6 is 11.3 Å². The SMILES string of the molecule is CC(C)c1ccccc1NC(=O)COC(=O)c1cn(-c2ccccc2)nc1-c1cccs1. The van der Waals surface area contributed by atoms with Crippen molar-refractivity contribution in [2.24, 2.45) is 0 Å². The van der Waals surface area contributed by atoms with Crippen LogP contribution in [0.5, 0.6) is 0 Å². The third-order valence-electron chi connectivity index (χ3n) is 4.90. The van der Waals surface area contributed by atoms with Crippen molar-refractivity contribution in [3.8, 4) is 16.3 Å². The molecule has 0 spiro atoms. The van der Waals surface area contributed by atoms with E-state index in [1.54, 1.807) is 10.9 Å². The number of hydrogen-bond donors (Lipinski definition) is 1. The van der Waals surface area contributed by atoms with E-state index in [-0.39, 0.29) is 18.4 Å². The van der Waals surface area contributed by atoms with E-state index in [0.29, 0.717) is 11.3 Å². The first-order valence-corrected chi connectivity index (χ1v) is 11.2. The van der Waals surface area contributed by atoms with E-state index < -0.39 is 5.97 Å². The Kier molecular flexibility index (Phi) is 6.47. The van der Waals surface area contributed by atoms with Gasteiger partial charge >= 0.3 is 5.97 Å². The molecule has 2 aromatic heterocycles. The van der Waals surface area contributed by atoms with Gasteiger partial charge in [0.2, 0.25) is 0 Å². The average Bonchev–Trinajstić information content (AvgIpc) is 3.48. The highest BCUT2D eigenvalue weighted by molar-refractivity contribution is 7.13. The molecule has 0 fully saturated rings. The Morgan fingerprint density at radius 2 is 1.78 bits per heavy atom. The Balaban J connectivity index is 1.51. The monoisotopic (exact) mass is 445 g/mol. The van der Waals surface area contributed by atoms with Crippen molar-refractivity contribution in [3.05, 3.63) is 89.4 Å². The molecular formula is C25H23N3O3S. The lowest BCUT2D eigenvalue weighted by Crippen LogP contribution is -2.21. The van der Waals surface area contributed by atoms with E-state index in [2.05, 4.69) is 24.3 Å². The summed E-state index contributed by atoms with van der Waals surface area (Å²) in [6, 6.07) is 20.9. The molecule has 0 aliphatic carbocycles. The van der Waals surface area contributed by atoms with Gasteiger partial charge in [0.15, 0.2) is 6.61 Å². The standard InChI is InChI=1S/C25H23N3O3S/c1-17(2)19-11-6-7-12-21(19)26-23(29)16-31-25(30)20-15-28(18-9-4-3-5-10-18)27-24(20)22-13-8-14-32-22/h3-15,17H,16H2,1-2H3,(H,26,29). The van der Waals surface area contributed by atoms with Gasteiger partial charge in [-0.05, 0) is 41.1 Å². The molecule has 4 aromatic rings. The first-order valence-electron chi connectivity index (χ1n) is 10.3. The lowest BCUT2D eigenvalue weighted by atomic mass is 10.0. The number of anilines is 1. The fourth-order valence-electron chi connectivity index (χ4n) is 3.34. The average molecular weight is 446 g/mol. The summed E-state index contributed by atoms with van der Waals surface area (Å²) in [5.41, 5.74) is 3.41. The predicted molar refractivity (Wildman–Crippen MR) is 126 cm³/mol. The predicted octanol–water partition coefficient (Wildman–Crippen LogP) is 5.52. The molecule has 0 unspecified atom stereocenters. The summed E-state index contributed by atoms with van der Waals surface area (Å²) < 4.78 is 6.99. The van der Waals surface area contributed by atoms with Gasteiger partial charge in [0.25, 0.3) is 5.91 Å². The van der Waals surface area contributed by atoms with Gasteiger partial charge in [0, 0.05) is 11.9 Å². The number of aromatic nitrogens is 2. The van der Waals surface area contributed by atoms with Crippen molar-refractivity contribution in [2.75, 3.05) is 11.9 Å². The number of para-hydroxylation sites is 2. The van der Waals surface area contributed by atoms with Gasteiger partial charge < -0.3 is 10.1 Å². The van der Waals surface area contributed by atoms with E-state index in [1.807, 2.05) is 72.1 Å². The highest BCUT2D eigenvalue weighted by Crippen LogP contribution is 2.28. The minimum absolute atomic E-state index is 0.256.